The number of para-hydroxylation sites is 1. The van der Waals surface area contributed by atoms with Gasteiger partial charge in [0.1, 0.15) is 24.0 Å². The number of amides is 1. The van der Waals surface area contributed by atoms with Gasteiger partial charge in [0, 0.05) is 35.4 Å². The SMILES string of the molecule is N#C/C(=C/c1cc(Br)c(OCc2ccc(I)cc2)c(I)c1)C(=O)N1CCN(c2ccccc2)CC1. The van der Waals surface area contributed by atoms with E-state index in [9.17, 15) is 10.1 Å². The zero-order valence-electron chi connectivity index (χ0n) is 18.8. The smallest absolute Gasteiger partial charge is 0.264 e. The van der Waals surface area contributed by atoms with Crippen LogP contribution in [0.1, 0.15) is 11.1 Å². The first-order valence-electron chi connectivity index (χ1n) is 11.0. The highest BCUT2D eigenvalue weighted by Gasteiger charge is 2.24. The van der Waals surface area contributed by atoms with Crippen LogP contribution in [0.3, 0.4) is 0 Å². The lowest BCUT2D eigenvalue weighted by Gasteiger charge is -2.36. The summed E-state index contributed by atoms with van der Waals surface area (Å²) in [6.45, 7) is 3.10. The first-order chi connectivity index (χ1) is 16.9. The molecule has 4 rings (SSSR count). The van der Waals surface area contributed by atoms with Crippen molar-refractivity contribution in [1.29, 1.82) is 5.26 Å². The van der Waals surface area contributed by atoms with E-state index in [1.807, 2.05) is 42.5 Å². The molecular weight excluding hydrogens is 732 g/mol. The van der Waals surface area contributed by atoms with Crippen molar-refractivity contribution in [2.45, 2.75) is 6.61 Å². The van der Waals surface area contributed by atoms with Crippen LogP contribution in [0.15, 0.2) is 76.8 Å². The predicted octanol–water partition coefficient (Wildman–Crippen LogP) is 6.49. The van der Waals surface area contributed by atoms with Crippen LogP contribution in [0, 0.1) is 18.5 Å². The van der Waals surface area contributed by atoms with Gasteiger partial charge < -0.3 is 14.5 Å². The quantitative estimate of drug-likeness (QED) is 0.164. The lowest BCUT2D eigenvalue weighted by molar-refractivity contribution is -0.126. The Labute approximate surface area is 241 Å². The molecule has 1 amide bonds. The molecular formula is C27H22BrI2N3O2. The van der Waals surface area contributed by atoms with Gasteiger partial charge in [0.25, 0.3) is 5.91 Å². The lowest BCUT2D eigenvalue weighted by Crippen LogP contribution is -2.49. The topological polar surface area (TPSA) is 56.6 Å². The summed E-state index contributed by atoms with van der Waals surface area (Å²) < 4.78 is 8.90. The molecule has 0 unspecified atom stereocenters. The van der Waals surface area contributed by atoms with Crippen LogP contribution in [-0.2, 0) is 11.4 Å². The summed E-state index contributed by atoms with van der Waals surface area (Å²) in [5.74, 6) is 0.508. The number of carbonyl (C=O) groups is 1. The van der Waals surface area contributed by atoms with Gasteiger partial charge in [-0.15, -0.1) is 0 Å². The van der Waals surface area contributed by atoms with E-state index in [1.54, 1.807) is 11.0 Å². The standard InChI is InChI=1S/C27H22BrI2N3O2/c28-24-15-20(16-25(30)26(24)35-18-19-6-8-22(29)9-7-19)14-21(17-31)27(34)33-12-10-32(11-13-33)23-4-2-1-3-5-23/h1-9,14-16H,10-13,18H2/b21-14-. The molecule has 0 radical (unpaired) electrons. The first kappa shape index (κ1) is 26.0. The maximum Gasteiger partial charge on any atom is 0.264 e. The normalized spacial score (nSPS) is 13.9. The Kier molecular flexibility index (Phi) is 9.08. The second-order valence-corrected chi connectivity index (χ2v) is 11.3. The monoisotopic (exact) mass is 753 g/mol. The molecule has 0 aliphatic carbocycles. The van der Waals surface area contributed by atoms with Crippen LogP contribution in [-0.4, -0.2) is 37.0 Å². The molecule has 3 aromatic carbocycles. The molecule has 1 saturated heterocycles. The van der Waals surface area contributed by atoms with Crippen LogP contribution >= 0.6 is 61.1 Å². The van der Waals surface area contributed by atoms with Crippen LogP contribution < -0.4 is 9.64 Å². The Hall–Kier alpha value is -2.10. The number of carbonyl (C=O) groups excluding carboxylic acids is 1. The van der Waals surface area contributed by atoms with Gasteiger partial charge in [0.05, 0.1) is 8.04 Å². The zero-order valence-corrected chi connectivity index (χ0v) is 24.7. The van der Waals surface area contributed by atoms with Crippen molar-refractivity contribution in [3.8, 4) is 11.8 Å². The summed E-state index contributed by atoms with van der Waals surface area (Å²) >= 11 is 8.09. The molecule has 1 aliphatic rings. The minimum atomic E-state index is -0.231. The highest BCUT2D eigenvalue weighted by Crippen LogP contribution is 2.33. The Morgan fingerprint density at radius 1 is 1.03 bits per heavy atom. The summed E-state index contributed by atoms with van der Waals surface area (Å²) in [7, 11) is 0. The molecule has 0 N–H and O–H groups in total. The Morgan fingerprint density at radius 2 is 1.71 bits per heavy atom. The Bertz CT molecular complexity index is 1240. The maximum atomic E-state index is 13.1. The summed E-state index contributed by atoms with van der Waals surface area (Å²) in [4.78, 5) is 17.1. The van der Waals surface area contributed by atoms with E-state index in [-0.39, 0.29) is 11.5 Å². The van der Waals surface area contributed by atoms with Crippen LogP contribution in [0.2, 0.25) is 0 Å². The van der Waals surface area contributed by atoms with E-state index < -0.39 is 0 Å². The second kappa shape index (κ2) is 12.2. The number of nitriles is 1. The molecule has 1 heterocycles. The van der Waals surface area contributed by atoms with E-state index >= 15 is 0 Å². The lowest BCUT2D eigenvalue weighted by atomic mass is 10.1. The molecule has 178 valence electrons. The highest BCUT2D eigenvalue weighted by atomic mass is 127. The van der Waals surface area contributed by atoms with E-state index in [2.05, 4.69) is 96.3 Å². The van der Waals surface area contributed by atoms with E-state index in [4.69, 9.17) is 4.74 Å². The number of hydrogen-bond acceptors (Lipinski definition) is 4. The zero-order chi connectivity index (χ0) is 24.8. The van der Waals surface area contributed by atoms with E-state index in [0.717, 1.165) is 43.7 Å². The third kappa shape index (κ3) is 6.77. The van der Waals surface area contributed by atoms with Crippen molar-refractivity contribution < 1.29 is 9.53 Å². The highest BCUT2D eigenvalue weighted by molar-refractivity contribution is 14.1. The summed E-state index contributed by atoms with van der Waals surface area (Å²) in [6, 6.07) is 24.3. The third-order valence-electron chi connectivity index (χ3n) is 5.67. The molecule has 0 atom stereocenters. The van der Waals surface area contributed by atoms with E-state index in [0.29, 0.717) is 19.7 Å². The second-order valence-electron chi connectivity index (χ2n) is 8.01. The molecule has 1 aliphatic heterocycles. The Morgan fingerprint density at radius 3 is 2.34 bits per heavy atom. The number of benzene rings is 3. The minimum Gasteiger partial charge on any atom is -0.487 e. The predicted molar refractivity (Wildman–Crippen MR) is 159 cm³/mol. The number of nitrogens with zero attached hydrogens (tertiary/aromatic N) is 3. The summed E-state index contributed by atoms with van der Waals surface area (Å²) in [5, 5.41) is 9.73. The Balaban J connectivity index is 1.43. The van der Waals surface area contributed by atoms with Gasteiger partial charge in [-0.25, -0.2) is 0 Å². The third-order valence-corrected chi connectivity index (χ3v) is 7.78. The fraction of sp³-hybridized carbons (Fsp3) is 0.185. The number of hydrogen-bond donors (Lipinski definition) is 0. The van der Waals surface area contributed by atoms with Gasteiger partial charge in [-0.3, -0.25) is 4.79 Å². The molecule has 0 bridgehead atoms. The van der Waals surface area contributed by atoms with Crippen molar-refractivity contribution in [2.75, 3.05) is 31.1 Å². The minimum absolute atomic E-state index is 0.133. The molecule has 8 heteroatoms. The van der Waals surface area contributed by atoms with Crippen molar-refractivity contribution in [2.24, 2.45) is 0 Å². The van der Waals surface area contributed by atoms with Crippen molar-refractivity contribution >= 4 is 78.8 Å². The largest absolute Gasteiger partial charge is 0.487 e. The van der Waals surface area contributed by atoms with Gasteiger partial charge in [0.15, 0.2) is 0 Å². The van der Waals surface area contributed by atoms with Crippen molar-refractivity contribution in [3.05, 3.63) is 95.0 Å². The van der Waals surface area contributed by atoms with Gasteiger partial charge in [-0.05, 0) is 115 Å². The van der Waals surface area contributed by atoms with Gasteiger partial charge >= 0.3 is 0 Å². The van der Waals surface area contributed by atoms with E-state index in [1.165, 1.54) is 3.57 Å². The summed E-state index contributed by atoms with van der Waals surface area (Å²) in [5.41, 5.74) is 3.14. The summed E-state index contributed by atoms with van der Waals surface area (Å²) in [6.07, 6.45) is 1.65. The van der Waals surface area contributed by atoms with Gasteiger partial charge in [-0.1, -0.05) is 30.3 Å². The molecule has 3 aromatic rings. The fourth-order valence-electron chi connectivity index (χ4n) is 3.82. The average molecular weight is 754 g/mol. The number of rotatable bonds is 6. The molecule has 0 spiro atoms. The average Bonchev–Trinajstić information content (AvgIpc) is 2.88. The number of piperazine rings is 1. The van der Waals surface area contributed by atoms with Crippen LogP contribution in [0.25, 0.3) is 6.08 Å². The van der Waals surface area contributed by atoms with Gasteiger partial charge in [-0.2, -0.15) is 5.26 Å². The molecule has 35 heavy (non-hydrogen) atoms. The molecule has 0 aromatic heterocycles. The molecule has 1 fully saturated rings. The van der Waals surface area contributed by atoms with Crippen molar-refractivity contribution in [3.63, 3.8) is 0 Å². The molecule has 0 saturated carbocycles. The van der Waals surface area contributed by atoms with Gasteiger partial charge in [0.2, 0.25) is 0 Å². The van der Waals surface area contributed by atoms with Crippen LogP contribution in [0.4, 0.5) is 5.69 Å². The van der Waals surface area contributed by atoms with Crippen LogP contribution in [0.5, 0.6) is 5.75 Å². The number of halogens is 3. The fourth-order valence-corrected chi connectivity index (χ4v) is 5.95. The van der Waals surface area contributed by atoms with Crippen molar-refractivity contribution in [1.82, 2.24) is 4.90 Å². The molecule has 5 nitrogen and oxygen atoms in total. The number of anilines is 1. The first-order valence-corrected chi connectivity index (χ1v) is 14.0. The maximum absolute atomic E-state index is 13.1. The number of ether oxygens (including phenoxy) is 1.